The fourth-order valence-corrected chi connectivity index (χ4v) is 1.28. The van der Waals surface area contributed by atoms with E-state index in [1.54, 1.807) is 20.9 Å². The Hall–Kier alpha value is -1.79. The number of likely N-dealkylation sites (N-methyl/N-ethyl adjacent to an activating group) is 1. The first-order chi connectivity index (χ1) is 8.33. The third-order valence-corrected chi connectivity index (χ3v) is 2.58. The molecule has 0 aromatic rings. The fourth-order valence-electron chi connectivity index (χ4n) is 1.28. The lowest BCUT2D eigenvalue weighted by molar-refractivity contribution is -0.139. The van der Waals surface area contributed by atoms with Crippen molar-refractivity contribution < 1.29 is 19.5 Å². The second-order valence-electron chi connectivity index (χ2n) is 3.99. The molecule has 0 rings (SSSR count). The van der Waals surface area contributed by atoms with Gasteiger partial charge in [-0.2, -0.15) is 0 Å². The van der Waals surface area contributed by atoms with Crippen LogP contribution in [0.4, 0.5) is 4.79 Å². The van der Waals surface area contributed by atoms with Gasteiger partial charge in [0.2, 0.25) is 5.91 Å². The summed E-state index contributed by atoms with van der Waals surface area (Å²) in [5, 5.41) is 13.5. The van der Waals surface area contributed by atoms with Crippen molar-refractivity contribution >= 4 is 17.9 Å². The Morgan fingerprint density at radius 1 is 1.22 bits per heavy atom. The quantitative estimate of drug-likeness (QED) is 0.626. The van der Waals surface area contributed by atoms with Gasteiger partial charge in [-0.15, -0.1) is 0 Å². The Morgan fingerprint density at radius 2 is 1.78 bits per heavy atom. The van der Waals surface area contributed by atoms with Gasteiger partial charge in [0.1, 0.15) is 12.1 Å². The molecule has 0 aliphatic carbocycles. The molecule has 0 spiro atoms. The zero-order valence-corrected chi connectivity index (χ0v) is 11.2. The van der Waals surface area contributed by atoms with Crippen molar-refractivity contribution in [3.8, 4) is 0 Å². The van der Waals surface area contributed by atoms with E-state index < -0.39 is 24.1 Å². The smallest absolute Gasteiger partial charge is 0.326 e. The highest BCUT2D eigenvalue weighted by Crippen LogP contribution is 1.94. The van der Waals surface area contributed by atoms with Gasteiger partial charge >= 0.3 is 12.0 Å². The number of carbonyl (C=O) groups excluding carboxylic acids is 2. The second kappa shape index (κ2) is 7.52. The molecule has 0 aliphatic heterocycles. The van der Waals surface area contributed by atoms with Gasteiger partial charge in [0.05, 0.1) is 0 Å². The highest BCUT2D eigenvalue weighted by Gasteiger charge is 2.21. The molecule has 0 aliphatic rings. The van der Waals surface area contributed by atoms with Crippen molar-refractivity contribution in [3.63, 3.8) is 0 Å². The van der Waals surface area contributed by atoms with Gasteiger partial charge in [0.15, 0.2) is 0 Å². The highest BCUT2D eigenvalue weighted by molar-refractivity contribution is 5.88. The van der Waals surface area contributed by atoms with Crippen LogP contribution in [0, 0.1) is 0 Å². The number of hydrogen-bond donors (Lipinski definition) is 3. The van der Waals surface area contributed by atoms with Crippen LogP contribution in [0.3, 0.4) is 0 Å². The van der Waals surface area contributed by atoms with E-state index in [0.717, 1.165) is 0 Å². The van der Waals surface area contributed by atoms with Crippen LogP contribution in [0.1, 0.15) is 27.2 Å². The predicted octanol–water partition coefficient (Wildman–Crippen LogP) is 0.0156. The van der Waals surface area contributed by atoms with Gasteiger partial charge < -0.3 is 20.6 Å². The van der Waals surface area contributed by atoms with E-state index in [0.29, 0.717) is 6.54 Å². The minimum absolute atomic E-state index is 0.226. The van der Waals surface area contributed by atoms with E-state index in [4.69, 9.17) is 5.11 Å². The van der Waals surface area contributed by atoms with Gasteiger partial charge in [-0.1, -0.05) is 6.92 Å². The summed E-state index contributed by atoms with van der Waals surface area (Å²) in [4.78, 5) is 35.3. The number of carboxylic acid groups (broad SMARTS) is 1. The summed E-state index contributed by atoms with van der Waals surface area (Å²) < 4.78 is 0. The Morgan fingerprint density at radius 3 is 2.17 bits per heavy atom. The number of urea groups is 1. The minimum atomic E-state index is -1.10. The molecule has 2 atom stereocenters. The summed E-state index contributed by atoms with van der Waals surface area (Å²) >= 11 is 0. The lowest BCUT2D eigenvalue weighted by Gasteiger charge is -2.21. The number of carbonyl (C=O) groups is 3. The van der Waals surface area contributed by atoms with Crippen LogP contribution in [0.2, 0.25) is 0 Å². The largest absolute Gasteiger partial charge is 0.480 e. The first-order valence-corrected chi connectivity index (χ1v) is 5.88. The number of nitrogens with zero attached hydrogens (tertiary/aromatic N) is 1. The monoisotopic (exact) mass is 259 g/mol. The molecule has 3 N–H and O–H groups in total. The lowest BCUT2D eigenvalue weighted by Crippen LogP contribution is -2.52. The maximum Gasteiger partial charge on any atom is 0.326 e. The number of carboxylic acids is 1. The van der Waals surface area contributed by atoms with Crippen molar-refractivity contribution in [2.24, 2.45) is 0 Å². The molecule has 0 aromatic heterocycles. The standard InChI is InChI=1S/C11H21N3O4/c1-5-8(10(16)17)13-11(18)12-7(3)9(15)14(4)6-2/h7-8H,5-6H2,1-4H3,(H,16,17)(H2,12,13,18)/t7?,8-/m0/s1. The Kier molecular flexibility index (Phi) is 6.77. The average molecular weight is 259 g/mol. The highest BCUT2D eigenvalue weighted by atomic mass is 16.4. The number of hydrogen-bond acceptors (Lipinski definition) is 3. The molecule has 0 radical (unpaired) electrons. The number of amides is 3. The van der Waals surface area contributed by atoms with Crippen LogP contribution >= 0.6 is 0 Å². The fraction of sp³-hybridized carbons (Fsp3) is 0.727. The number of nitrogens with one attached hydrogen (secondary N) is 2. The third kappa shape index (κ3) is 5.03. The Bertz CT molecular complexity index is 319. The van der Waals surface area contributed by atoms with Crippen LogP contribution < -0.4 is 10.6 Å². The van der Waals surface area contributed by atoms with Crippen molar-refractivity contribution in [1.82, 2.24) is 15.5 Å². The molecule has 0 bridgehead atoms. The van der Waals surface area contributed by atoms with Crippen LogP contribution in [0.15, 0.2) is 0 Å². The van der Waals surface area contributed by atoms with E-state index in [9.17, 15) is 14.4 Å². The van der Waals surface area contributed by atoms with Gasteiger partial charge in [0, 0.05) is 13.6 Å². The first-order valence-electron chi connectivity index (χ1n) is 5.88. The van der Waals surface area contributed by atoms with Gasteiger partial charge in [-0.3, -0.25) is 4.79 Å². The lowest BCUT2D eigenvalue weighted by atomic mass is 10.2. The zero-order valence-electron chi connectivity index (χ0n) is 11.2. The maximum absolute atomic E-state index is 11.7. The van der Waals surface area contributed by atoms with Gasteiger partial charge in [-0.25, -0.2) is 9.59 Å². The molecule has 18 heavy (non-hydrogen) atoms. The van der Waals surface area contributed by atoms with E-state index in [2.05, 4.69) is 10.6 Å². The van der Waals surface area contributed by atoms with E-state index in [-0.39, 0.29) is 12.3 Å². The molecule has 104 valence electrons. The zero-order chi connectivity index (χ0) is 14.3. The molecule has 7 heteroatoms. The van der Waals surface area contributed by atoms with Crippen LogP contribution in [-0.2, 0) is 9.59 Å². The Labute approximate surface area is 107 Å². The third-order valence-electron chi connectivity index (χ3n) is 2.58. The topological polar surface area (TPSA) is 98.7 Å². The molecule has 0 fully saturated rings. The molecular formula is C11H21N3O4. The average Bonchev–Trinajstić information content (AvgIpc) is 2.33. The summed E-state index contributed by atoms with van der Waals surface area (Å²) in [6.45, 7) is 5.57. The summed E-state index contributed by atoms with van der Waals surface area (Å²) in [5.74, 6) is -1.33. The molecule has 0 saturated heterocycles. The van der Waals surface area contributed by atoms with Gasteiger partial charge in [-0.05, 0) is 20.3 Å². The van der Waals surface area contributed by atoms with Gasteiger partial charge in [0.25, 0.3) is 0 Å². The first kappa shape index (κ1) is 16.2. The minimum Gasteiger partial charge on any atom is -0.480 e. The molecular weight excluding hydrogens is 238 g/mol. The van der Waals surface area contributed by atoms with E-state index >= 15 is 0 Å². The van der Waals surface area contributed by atoms with Crippen molar-refractivity contribution in [2.75, 3.05) is 13.6 Å². The van der Waals surface area contributed by atoms with E-state index in [1.165, 1.54) is 4.90 Å². The number of aliphatic carboxylic acids is 1. The van der Waals surface area contributed by atoms with Crippen molar-refractivity contribution in [3.05, 3.63) is 0 Å². The predicted molar refractivity (Wildman–Crippen MR) is 66.2 cm³/mol. The molecule has 0 saturated carbocycles. The normalized spacial score (nSPS) is 13.3. The molecule has 1 unspecified atom stereocenters. The summed E-state index contributed by atoms with van der Waals surface area (Å²) in [7, 11) is 1.63. The summed E-state index contributed by atoms with van der Waals surface area (Å²) in [5.41, 5.74) is 0. The van der Waals surface area contributed by atoms with E-state index in [1.807, 2.05) is 6.92 Å². The van der Waals surface area contributed by atoms with Crippen LogP contribution in [0.5, 0.6) is 0 Å². The summed E-state index contributed by atoms with van der Waals surface area (Å²) in [6, 6.07) is -2.30. The maximum atomic E-state index is 11.7. The van der Waals surface area contributed by atoms with Crippen molar-refractivity contribution in [2.45, 2.75) is 39.3 Å². The summed E-state index contributed by atoms with van der Waals surface area (Å²) in [6.07, 6.45) is 0.278. The van der Waals surface area contributed by atoms with Crippen LogP contribution in [0.25, 0.3) is 0 Å². The van der Waals surface area contributed by atoms with Crippen molar-refractivity contribution in [1.29, 1.82) is 0 Å². The van der Waals surface area contributed by atoms with Crippen LogP contribution in [-0.4, -0.2) is 53.6 Å². The number of rotatable bonds is 6. The molecule has 7 nitrogen and oxygen atoms in total. The molecule has 3 amide bonds. The Balaban J connectivity index is 4.31. The SMILES string of the molecule is CC[C@H](NC(=O)NC(C)C(=O)N(C)CC)C(=O)O. The molecule has 0 aromatic carbocycles. The molecule has 0 heterocycles. The second-order valence-corrected chi connectivity index (χ2v) is 3.99.